The number of pyridine rings is 1. The lowest BCUT2D eigenvalue weighted by molar-refractivity contribution is -0.211. The van der Waals surface area contributed by atoms with E-state index in [0.717, 1.165) is 12.3 Å². The SMILES string of the molecule is C[C@H]1CCN(c2cnc(C#N)c(OC(F)F)c2)[C@H]1[C@H](O)C(F)(F)F. The number of alkyl halides is 5. The number of ether oxygens (including phenoxy) is 1. The summed E-state index contributed by atoms with van der Waals surface area (Å²) in [5.74, 6) is -0.999. The highest BCUT2D eigenvalue weighted by Gasteiger charge is 2.50. The highest BCUT2D eigenvalue weighted by molar-refractivity contribution is 5.54. The van der Waals surface area contributed by atoms with Gasteiger partial charge >= 0.3 is 12.8 Å². The minimum absolute atomic E-state index is 0.0716. The quantitative estimate of drug-likeness (QED) is 0.845. The molecule has 1 N–H and O–H groups in total. The molecule has 0 saturated carbocycles. The van der Waals surface area contributed by atoms with Crippen molar-refractivity contribution in [2.24, 2.45) is 5.92 Å². The first-order valence-electron chi connectivity index (χ1n) is 7.01. The molecule has 2 rings (SSSR count). The molecule has 0 radical (unpaired) electrons. The van der Waals surface area contributed by atoms with Gasteiger partial charge in [0, 0.05) is 12.6 Å². The maximum Gasteiger partial charge on any atom is 0.416 e. The molecule has 0 spiro atoms. The largest absolute Gasteiger partial charge is 0.432 e. The summed E-state index contributed by atoms with van der Waals surface area (Å²) in [6.07, 6.45) is -5.93. The van der Waals surface area contributed by atoms with Gasteiger partial charge in [0.25, 0.3) is 0 Å². The lowest BCUT2D eigenvalue weighted by Gasteiger charge is -2.33. The van der Waals surface area contributed by atoms with Gasteiger partial charge in [0.2, 0.25) is 0 Å². The lowest BCUT2D eigenvalue weighted by atomic mass is 9.97. The summed E-state index contributed by atoms with van der Waals surface area (Å²) < 4.78 is 67.6. The van der Waals surface area contributed by atoms with Crippen LogP contribution < -0.4 is 9.64 Å². The molecule has 1 aliphatic rings. The Morgan fingerprint density at radius 3 is 2.67 bits per heavy atom. The van der Waals surface area contributed by atoms with Crippen molar-refractivity contribution in [3.8, 4) is 11.8 Å². The van der Waals surface area contributed by atoms with Crippen molar-refractivity contribution in [1.82, 2.24) is 4.98 Å². The monoisotopic (exact) mass is 351 g/mol. The fourth-order valence-electron chi connectivity index (χ4n) is 2.81. The highest BCUT2D eigenvalue weighted by Crippen LogP contribution is 2.38. The van der Waals surface area contributed by atoms with Crippen molar-refractivity contribution in [2.45, 2.75) is 38.3 Å². The van der Waals surface area contributed by atoms with Crippen LogP contribution in [0.1, 0.15) is 19.0 Å². The van der Waals surface area contributed by atoms with Gasteiger partial charge in [-0.25, -0.2) is 4.98 Å². The van der Waals surface area contributed by atoms with E-state index in [2.05, 4.69) is 9.72 Å². The first-order chi connectivity index (χ1) is 11.1. The first-order valence-corrected chi connectivity index (χ1v) is 7.01. The second kappa shape index (κ2) is 6.76. The fourth-order valence-corrected chi connectivity index (χ4v) is 2.81. The Balaban J connectivity index is 2.37. The van der Waals surface area contributed by atoms with Gasteiger partial charge in [-0.05, 0) is 12.3 Å². The molecule has 1 saturated heterocycles. The highest BCUT2D eigenvalue weighted by atomic mass is 19.4. The molecule has 24 heavy (non-hydrogen) atoms. The van der Waals surface area contributed by atoms with E-state index >= 15 is 0 Å². The van der Waals surface area contributed by atoms with Crippen LogP contribution in [0, 0.1) is 17.2 Å². The number of rotatable bonds is 4. The zero-order valence-corrected chi connectivity index (χ0v) is 12.5. The van der Waals surface area contributed by atoms with E-state index in [-0.39, 0.29) is 12.2 Å². The van der Waals surface area contributed by atoms with Crippen molar-refractivity contribution in [3.05, 3.63) is 18.0 Å². The molecule has 10 heteroatoms. The summed E-state index contributed by atoms with van der Waals surface area (Å²) in [6, 6.07) is 1.32. The van der Waals surface area contributed by atoms with Gasteiger partial charge in [0.15, 0.2) is 17.5 Å². The van der Waals surface area contributed by atoms with Crippen molar-refractivity contribution in [3.63, 3.8) is 0 Å². The van der Waals surface area contributed by atoms with E-state index in [1.54, 1.807) is 13.0 Å². The Bertz CT molecular complexity index is 632. The number of halogens is 5. The normalized spacial score (nSPS) is 22.5. The maximum atomic E-state index is 12.9. The molecule has 0 bridgehead atoms. The summed E-state index contributed by atoms with van der Waals surface area (Å²) in [6.45, 7) is -1.46. The minimum atomic E-state index is -4.82. The number of aliphatic hydroxyl groups is 1. The molecule has 1 aliphatic heterocycles. The lowest BCUT2D eigenvalue weighted by Crippen LogP contribution is -2.49. The van der Waals surface area contributed by atoms with Crippen LogP contribution in [0.15, 0.2) is 12.3 Å². The van der Waals surface area contributed by atoms with Crippen LogP contribution in [0.5, 0.6) is 5.75 Å². The molecule has 2 heterocycles. The minimum Gasteiger partial charge on any atom is -0.432 e. The predicted molar refractivity (Wildman–Crippen MR) is 72.6 cm³/mol. The van der Waals surface area contributed by atoms with E-state index < -0.39 is 42.3 Å². The molecule has 0 aliphatic carbocycles. The van der Waals surface area contributed by atoms with Gasteiger partial charge in [-0.2, -0.15) is 27.2 Å². The molecular formula is C14H14F5N3O2. The van der Waals surface area contributed by atoms with Gasteiger partial charge in [0.1, 0.15) is 6.07 Å². The average Bonchev–Trinajstić information content (AvgIpc) is 2.86. The zero-order valence-electron chi connectivity index (χ0n) is 12.5. The number of nitriles is 1. The smallest absolute Gasteiger partial charge is 0.416 e. The fraction of sp³-hybridized carbons (Fsp3) is 0.571. The van der Waals surface area contributed by atoms with Gasteiger partial charge in [-0.1, -0.05) is 6.92 Å². The number of nitrogens with zero attached hydrogens (tertiary/aromatic N) is 3. The molecule has 3 atom stereocenters. The summed E-state index contributed by atoms with van der Waals surface area (Å²) in [5, 5.41) is 18.4. The third-order valence-electron chi connectivity index (χ3n) is 3.92. The second-order valence-corrected chi connectivity index (χ2v) is 5.47. The van der Waals surface area contributed by atoms with Crippen molar-refractivity contribution in [2.75, 3.05) is 11.4 Å². The summed E-state index contributed by atoms with van der Waals surface area (Å²) in [7, 11) is 0. The first kappa shape index (κ1) is 18.2. The molecule has 5 nitrogen and oxygen atoms in total. The third kappa shape index (κ3) is 3.67. The predicted octanol–water partition coefficient (Wildman–Crippen LogP) is 2.69. The zero-order chi connectivity index (χ0) is 18.1. The van der Waals surface area contributed by atoms with Gasteiger partial charge in [0.05, 0.1) is 17.9 Å². The van der Waals surface area contributed by atoms with E-state index in [1.165, 1.54) is 4.90 Å². The van der Waals surface area contributed by atoms with Crippen LogP contribution in [0.4, 0.5) is 27.6 Å². The van der Waals surface area contributed by atoms with Crippen LogP contribution >= 0.6 is 0 Å². The number of anilines is 1. The number of hydrogen-bond donors (Lipinski definition) is 1. The summed E-state index contributed by atoms with van der Waals surface area (Å²) >= 11 is 0. The Kier molecular flexibility index (Phi) is 5.13. The number of aromatic nitrogens is 1. The van der Waals surface area contributed by atoms with Crippen LogP contribution in [-0.2, 0) is 0 Å². The van der Waals surface area contributed by atoms with Gasteiger partial charge in [-0.3, -0.25) is 0 Å². The second-order valence-electron chi connectivity index (χ2n) is 5.47. The molecule has 132 valence electrons. The molecule has 0 amide bonds. The molecule has 0 unspecified atom stereocenters. The topological polar surface area (TPSA) is 69.4 Å². The van der Waals surface area contributed by atoms with Crippen molar-refractivity contribution in [1.29, 1.82) is 5.26 Å². The summed E-state index contributed by atoms with van der Waals surface area (Å²) in [5.41, 5.74) is -0.332. The Labute approximate surface area is 134 Å². The average molecular weight is 351 g/mol. The van der Waals surface area contributed by atoms with Crippen LogP contribution in [0.3, 0.4) is 0 Å². The van der Waals surface area contributed by atoms with Crippen LogP contribution in [0.25, 0.3) is 0 Å². The van der Waals surface area contributed by atoms with Crippen LogP contribution in [0.2, 0.25) is 0 Å². The van der Waals surface area contributed by atoms with E-state index in [1.807, 2.05) is 0 Å². The molecule has 1 aromatic rings. The van der Waals surface area contributed by atoms with E-state index in [9.17, 15) is 27.1 Å². The van der Waals surface area contributed by atoms with E-state index in [4.69, 9.17) is 5.26 Å². The molecule has 0 aromatic carbocycles. The Morgan fingerprint density at radius 2 is 2.12 bits per heavy atom. The molecular weight excluding hydrogens is 337 g/mol. The van der Waals surface area contributed by atoms with Crippen LogP contribution in [-0.4, -0.2) is 41.6 Å². The van der Waals surface area contributed by atoms with Gasteiger partial charge < -0.3 is 14.7 Å². The van der Waals surface area contributed by atoms with E-state index in [0.29, 0.717) is 6.42 Å². The summed E-state index contributed by atoms with van der Waals surface area (Å²) in [4.78, 5) is 4.90. The molecule has 1 fully saturated rings. The number of aliphatic hydroxyl groups excluding tert-OH is 1. The standard InChI is InChI=1S/C14H14F5N3O2/c1-7-2-3-22(11(7)12(23)14(17,18)19)8-4-10(24-13(15)16)9(5-20)21-6-8/h4,6-7,11-13,23H,2-3H2,1H3/t7-,11+,12-/m0/s1. The Morgan fingerprint density at radius 1 is 1.46 bits per heavy atom. The number of hydrogen-bond acceptors (Lipinski definition) is 5. The molecule has 1 aromatic heterocycles. The maximum absolute atomic E-state index is 12.9. The van der Waals surface area contributed by atoms with Gasteiger partial charge in [-0.15, -0.1) is 0 Å². The third-order valence-corrected chi connectivity index (χ3v) is 3.92. The van der Waals surface area contributed by atoms with Crippen molar-refractivity contribution < 1.29 is 31.8 Å². The van der Waals surface area contributed by atoms with Crippen molar-refractivity contribution >= 4 is 5.69 Å². The Hall–Kier alpha value is -2.15.